The first kappa shape index (κ1) is 18.7. The molecular weight excluding hydrogens is 384 g/mol. The molecule has 1 unspecified atom stereocenters. The van der Waals surface area contributed by atoms with E-state index < -0.39 is 11.6 Å². The fourth-order valence-electron chi connectivity index (χ4n) is 4.08. The van der Waals surface area contributed by atoms with E-state index in [4.69, 9.17) is 0 Å². The van der Waals surface area contributed by atoms with Gasteiger partial charge in [-0.25, -0.2) is 18.1 Å². The highest BCUT2D eigenvalue weighted by Gasteiger charge is 2.24. The summed E-state index contributed by atoms with van der Waals surface area (Å²) in [7, 11) is 0. The van der Waals surface area contributed by atoms with Gasteiger partial charge in [0.15, 0.2) is 0 Å². The van der Waals surface area contributed by atoms with Gasteiger partial charge in [-0.1, -0.05) is 12.1 Å². The van der Waals surface area contributed by atoms with Crippen LogP contribution in [0.4, 0.5) is 8.78 Å². The first-order valence-corrected chi connectivity index (χ1v) is 10.0. The third-order valence-corrected chi connectivity index (χ3v) is 5.53. The number of aromatic nitrogens is 4. The van der Waals surface area contributed by atoms with Gasteiger partial charge < -0.3 is 5.32 Å². The van der Waals surface area contributed by atoms with E-state index in [1.54, 1.807) is 10.9 Å². The number of nitrogens with zero attached hydrogens (tertiary/aromatic N) is 4. The number of benzene rings is 2. The topological polar surface area (TPSA) is 47.7 Å². The van der Waals surface area contributed by atoms with Crippen molar-refractivity contribution < 1.29 is 8.78 Å². The summed E-state index contributed by atoms with van der Waals surface area (Å²) in [6, 6.07) is 13.8. The minimum absolute atomic E-state index is 0.159. The zero-order valence-corrected chi connectivity index (χ0v) is 16.3. The van der Waals surface area contributed by atoms with E-state index in [-0.39, 0.29) is 6.04 Å². The lowest BCUT2D eigenvalue weighted by molar-refractivity contribution is 0.454. The minimum atomic E-state index is -0.599. The van der Waals surface area contributed by atoms with Crippen molar-refractivity contribution in [2.24, 2.45) is 0 Å². The standard InChI is InChI=1S/C23H21F2N5/c24-17-11-18(25)13-20(12-17)30-23-4-1-3-22(21(23)15-28-30)26-14-16-5-7-19(8-6-16)29-10-2-9-27-29/h2,5-13,15,22,26H,1,3-4,14H2. The van der Waals surface area contributed by atoms with Crippen LogP contribution in [0, 0.1) is 11.6 Å². The lowest BCUT2D eigenvalue weighted by atomic mass is 9.92. The van der Waals surface area contributed by atoms with E-state index >= 15 is 0 Å². The Morgan fingerprint density at radius 2 is 1.80 bits per heavy atom. The van der Waals surface area contributed by atoms with E-state index in [1.807, 2.05) is 35.3 Å². The van der Waals surface area contributed by atoms with E-state index in [9.17, 15) is 8.78 Å². The summed E-state index contributed by atoms with van der Waals surface area (Å²) < 4.78 is 30.8. The van der Waals surface area contributed by atoms with Crippen molar-refractivity contribution in [3.8, 4) is 11.4 Å². The SMILES string of the molecule is Fc1cc(F)cc(-n2ncc3c2CCCC3NCc2ccc(-n3cccn3)cc2)c1. The molecule has 0 spiro atoms. The normalized spacial score (nSPS) is 15.9. The molecule has 2 aromatic heterocycles. The van der Waals surface area contributed by atoms with Crippen molar-refractivity contribution in [3.63, 3.8) is 0 Å². The second kappa shape index (κ2) is 7.84. The smallest absolute Gasteiger partial charge is 0.128 e. The largest absolute Gasteiger partial charge is 0.306 e. The molecule has 1 atom stereocenters. The molecule has 0 bridgehead atoms. The van der Waals surface area contributed by atoms with Crippen molar-refractivity contribution in [1.82, 2.24) is 24.9 Å². The van der Waals surface area contributed by atoms with Gasteiger partial charge in [0.2, 0.25) is 0 Å². The molecule has 1 aliphatic carbocycles. The van der Waals surface area contributed by atoms with Crippen molar-refractivity contribution >= 4 is 0 Å². The first-order valence-electron chi connectivity index (χ1n) is 10.0. The molecule has 5 nitrogen and oxygen atoms in total. The maximum Gasteiger partial charge on any atom is 0.128 e. The van der Waals surface area contributed by atoms with Crippen LogP contribution in [0.15, 0.2) is 67.1 Å². The number of hydrogen-bond acceptors (Lipinski definition) is 3. The van der Waals surface area contributed by atoms with Gasteiger partial charge in [0, 0.05) is 42.3 Å². The quantitative estimate of drug-likeness (QED) is 0.532. The Hall–Kier alpha value is -3.32. The monoisotopic (exact) mass is 405 g/mol. The fraction of sp³-hybridized carbons (Fsp3) is 0.217. The molecule has 7 heteroatoms. The van der Waals surface area contributed by atoms with Crippen LogP contribution in [-0.2, 0) is 13.0 Å². The van der Waals surface area contributed by atoms with E-state index in [0.29, 0.717) is 5.69 Å². The summed E-state index contributed by atoms with van der Waals surface area (Å²) in [5, 5.41) is 12.3. The van der Waals surface area contributed by atoms with Crippen LogP contribution in [0.25, 0.3) is 11.4 Å². The highest BCUT2D eigenvalue weighted by molar-refractivity contribution is 5.38. The number of halogens is 2. The molecule has 30 heavy (non-hydrogen) atoms. The Morgan fingerprint density at radius 3 is 2.53 bits per heavy atom. The molecule has 0 amide bonds. The van der Waals surface area contributed by atoms with Gasteiger partial charge in [-0.2, -0.15) is 10.2 Å². The third kappa shape index (κ3) is 3.64. The Bertz CT molecular complexity index is 1130. The predicted octanol–water partition coefficient (Wildman–Crippen LogP) is 4.50. The third-order valence-electron chi connectivity index (χ3n) is 5.53. The summed E-state index contributed by atoms with van der Waals surface area (Å²) in [4.78, 5) is 0. The molecule has 1 N–H and O–H groups in total. The molecule has 152 valence electrons. The summed E-state index contributed by atoms with van der Waals surface area (Å²) in [6.07, 6.45) is 8.32. The molecule has 0 saturated carbocycles. The number of hydrogen-bond donors (Lipinski definition) is 1. The zero-order valence-electron chi connectivity index (χ0n) is 16.3. The van der Waals surface area contributed by atoms with Gasteiger partial charge in [-0.15, -0.1) is 0 Å². The molecule has 4 aromatic rings. The van der Waals surface area contributed by atoms with Crippen molar-refractivity contribution in [1.29, 1.82) is 0 Å². The molecular formula is C23H21F2N5. The second-order valence-electron chi connectivity index (χ2n) is 7.53. The van der Waals surface area contributed by atoms with Gasteiger partial charge in [0.25, 0.3) is 0 Å². The summed E-state index contributed by atoms with van der Waals surface area (Å²) in [5.41, 5.74) is 4.73. The number of fused-ring (bicyclic) bond motifs is 1. The minimum Gasteiger partial charge on any atom is -0.306 e. The van der Waals surface area contributed by atoms with Crippen LogP contribution in [0.3, 0.4) is 0 Å². The fourth-order valence-corrected chi connectivity index (χ4v) is 4.08. The van der Waals surface area contributed by atoms with Crippen LogP contribution in [0.1, 0.15) is 35.7 Å². The van der Waals surface area contributed by atoms with E-state index in [2.05, 4.69) is 27.6 Å². The molecule has 0 radical (unpaired) electrons. The van der Waals surface area contributed by atoms with Crippen LogP contribution >= 0.6 is 0 Å². The lowest BCUT2D eigenvalue weighted by Crippen LogP contribution is -2.25. The Labute approximate surface area is 173 Å². The van der Waals surface area contributed by atoms with Crippen molar-refractivity contribution in [3.05, 3.63) is 95.6 Å². The highest BCUT2D eigenvalue weighted by Crippen LogP contribution is 2.31. The zero-order chi connectivity index (χ0) is 20.5. The maximum atomic E-state index is 13.7. The maximum absolute atomic E-state index is 13.7. The van der Waals surface area contributed by atoms with Gasteiger partial charge in [-0.3, -0.25) is 0 Å². The first-order chi connectivity index (χ1) is 14.7. The van der Waals surface area contributed by atoms with Crippen molar-refractivity contribution in [2.75, 3.05) is 0 Å². The Morgan fingerprint density at radius 1 is 1.00 bits per heavy atom. The molecule has 5 rings (SSSR count). The molecule has 0 fully saturated rings. The summed E-state index contributed by atoms with van der Waals surface area (Å²) in [6.45, 7) is 0.725. The molecule has 0 aliphatic heterocycles. The average molecular weight is 405 g/mol. The van der Waals surface area contributed by atoms with Gasteiger partial charge in [-0.05, 0) is 55.2 Å². The van der Waals surface area contributed by atoms with Crippen LogP contribution < -0.4 is 5.32 Å². The lowest BCUT2D eigenvalue weighted by Gasteiger charge is -2.24. The molecule has 2 heterocycles. The molecule has 0 saturated heterocycles. The van der Waals surface area contributed by atoms with Gasteiger partial charge >= 0.3 is 0 Å². The van der Waals surface area contributed by atoms with Gasteiger partial charge in [0.1, 0.15) is 11.6 Å². The predicted molar refractivity (Wildman–Crippen MR) is 110 cm³/mol. The van der Waals surface area contributed by atoms with Gasteiger partial charge in [0.05, 0.1) is 17.6 Å². The van der Waals surface area contributed by atoms with Crippen LogP contribution in [0.5, 0.6) is 0 Å². The number of nitrogens with one attached hydrogen (secondary N) is 1. The second-order valence-corrected chi connectivity index (χ2v) is 7.53. The Kier molecular flexibility index (Phi) is 4.88. The number of rotatable bonds is 5. The Balaban J connectivity index is 1.32. The van der Waals surface area contributed by atoms with Crippen LogP contribution in [-0.4, -0.2) is 19.6 Å². The van der Waals surface area contributed by atoms with Crippen LogP contribution in [0.2, 0.25) is 0 Å². The average Bonchev–Trinajstić information content (AvgIpc) is 3.42. The summed E-state index contributed by atoms with van der Waals surface area (Å²) in [5.74, 6) is -1.20. The van der Waals surface area contributed by atoms with Crippen molar-refractivity contribution in [2.45, 2.75) is 31.8 Å². The van der Waals surface area contributed by atoms with E-state index in [1.165, 1.54) is 17.7 Å². The molecule has 2 aromatic carbocycles. The molecule has 1 aliphatic rings. The summed E-state index contributed by atoms with van der Waals surface area (Å²) >= 11 is 0. The highest BCUT2D eigenvalue weighted by atomic mass is 19.1. The van der Waals surface area contributed by atoms with E-state index in [0.717, 1.165) is 48.8 Å².